The molecule has 0 bridgehead atoms. The van der Waals surface area contributed by atoms with Crippen LogP contribution in [0.1, 0.15) is 24.0 Å². The van der Waals surface area contributed by atoms with E-state index in [1.165, 1.54) is 16.8 Å². The molecule has 0 saturated heterocycles. The molecule has 2 rings (SSSR count). The van der Waals surface area contributed by atoms with E-state index in [0.29, 0.717) is 6.04 Å². The molecule has 1 heterocycles. The van der Waals surface area contributed by atoms with E-state index < -0.39 is 0 Å². The Morgan fingerprint density at radius 1 is 1.50 bits per heavy atom. The van der Waals surface area contributed by atoms with Crippen LogP contribution >= 0.6 is 0 Å². The van der Waals surface area contributed by atoms with Crippen molar-refractivity contribution in [1.82, 2.24) is 0 Å². The number of aliphatic hydroxyl groups is 1. The van der Waals surface area contributed by atoms with Gasteiger partial charge in [-0.3, -0.25) is 0 Å². The molecule has 0 saturated carbocycles. The lowest BCUT2D eigenvalue weighted by Crippen LogP contribution is -2.26. The Labute approximate surface area is 85.0 Å². The maximum atomic E-state index is 8.90. The maximum Gasteiger partial charge on any atom is 0.0450 e. The van der Waals surface area contributed by atoms with Crippen LogP contribution in [0, 0.1) is 6.92 Å². The van der Waals surface area contributed by atoms with Crippen molar-refractivity contribution in [3.8, 4) is 0 Å². The third kappa shape index (κ3) is 1.75. The second-order valence-electron chi connectivity index (χ2n) is 4.00. The lowest BCUT2D eigenvalue weighted by Gasteiger charge is -2.27. The van der Waals surface area contributed by atoms with Gasteiger partial charge in [0.15, 0.2) is 0 Å². The van der Waals surface area contributed by atoms with Crippen LogP contribution in [0.2, 0.25) is 0 Å². The minimum atomic E-state index is 0.277. The van der Waals surface area contributed by atoms with E-state index in [2.05, 4.69) is 30.4 Å². The van der Waals surface area contributed by atoms with Crippen molar-refractivity contribution < 1.29 is 5.11 Å². The zero-order chi connectivity index (χ0) is 9.97. The highest BCUT2D eigenvalue weighted by Crippen LogP contribution is 2.28. The Balaban J connectivity index is 2.20. The molecule has 76 valence electrons. The molecule has 1 aliphatic heterocycles. The van der Waals surface area contributed by atoms with Gasteiger partial charge in [-0.25, -0.2) is 0 Å². The standard InChI is InChI=1S/C12H17NO/c1-9-3-2-4-10-5-6-11(7-8-14)13-12(9)10/h2-4,11,13-14H,5-8H2,1H3. The van der Waals surface area contributed by atoms with E-state index in [9.17, 15) is 0 Å². The van der Waals surface area contributed by atoms with Gasteiger partial charge in [-0.1, -0.05) is 18.2 Å². The van der Waals surface area contributed by atoms with Crippen LogP contribution in [0.4, 0.5) is 5.69 Å². The van der Waals surface area contributed by atoms with E-state index in [1.807, 2.05) is 0 Å². The summed E-state index contributed by atoms with van der Waals surface area (Å²) in [5, 5.41) is 12.4. The van der Waals surface area contributed by atoms with Gasteiger partial charge >= 0.3 is 0 Å². The predicted octanol–water partition coefficient (Wildman–Crippen LogP) is 2.10. The molecule has 0 spiro atoms. The third-order valence-corrected chi connectivity index (χ3v) is 2.95. The van der Waals surface area contributed by atoms with Gasteiger partial charge in [0, 0.05) is 18.3 Å². The first-order valence-electron chi connectivity index (χ1n) is 5.27. The summed E-state index contributed by atoms with van der Waals surface area (Å²) in [6.07, 6.45) is 3.12. The van der Waals surface area contributed by atoms with Gasteiger partial charge in [0.1, 0.15) is 0 Å². The minimum Gasteiger partial charge on any atom is -0.396 e. The van der Waals surface area contributed by atoms with E-state index in [-0.39, 0.29) is 6.61 Å². The fraction of sp³-hybridized carbons (Fsp3) is 0.500. The monoisotopic (exact) mass is 191 g/mol. The first-order chi connectivity index (χ1) is 6.81. The van der Waals surface area contributed by atoms with Gasteiger partial charge in [0.2, 0.25) is 0 Å². The summed E-state index contributed by atoms with van der Waals surface area (Å²) in [4.78, 5) is 0. The number of para-hydroxylation sites is 1. The van der Waals surface area contributed by atoms with E-state index in [4.69, 9.17) is 5.11 Å². The van der Waals surface area contributed by atoms with Crippen LogP contribution in [-0.2, 0) is 6.42 Å². The van der Waals surface area contributed by atoms with Crippen LogP contribution in [0.3, 0.4) is 0 Å². The summed E-state index contributed by atoms with van der Waals surface area (Å²) in [7, 11) is 0. The zero-order valence-corrected chi connectivity index (χ0v) is 8.59. The normalized spacial score (nSPS) is 20.0. The molecule has 1 aromatic rings. The SMILES string of the molecule is Cc1cccc2c1NC(CCO)CC2. The average molecular weight is 191 g/mol. The lowest BCUT2D eigenvalue weighted by atomic mass is 9.94. The van der Waals surface area contributed by atoms with Crippen molar-refractivity contribution in [3.05, 3.63) is 29.3 Å². The number of rotatable bonds is 2. The lowest BCUT2D eigenvalue weighted by molar-refractivity contribution is 0.276. The Morgan fingerprint density at radius 3 is 3.14 bits per heavy atom. The van der Waals surface area contributed by atoms with Crippen molar-refractivity contribution >= 4 is 5.69 Å². The van der Waals surface area contributed by atoms with Gasteiger partial charge in [-0.05, 0) is 37.3 Å². The molecule has 2 N–H and O–H groups in total. The molecular formula is C12H17NO. The fourth-order valence-corrected chi connectivity index (χ4v) is 2.12. The largest absolute Gasteiger partial charge is 0.396 e. The number of fused-ring (bicyclic) bond motifs is 1. The Morgan fingerprint density at radius 2 is 2.36 bits per heavy atom. The maximum absolute atomic E-state index is 8.90. The summed E-state index contributed by atoms with van der Waals surface area (Å²) in [6, 6.07) is 6.88. The quantitative estimate of drug-likeness (QED) is 0.750. The summed E-state index contributed by atoms with van der Waals surface area (Å²) in [6.45, 7) is 2.41. The van der Waals surface area contributed by atoms with Gasteiger partial charge in [0.25, 0.3) is 0 Å². The number of hydrogen-bond donors (Lipinski definition) is 2. The second-order valence-corrected chi connectivity index (χ2v) is 4.00. The molecular weight excluding hydrogens is 174 g/mol. The van der Waals surface area contributed by atoms with Crippen molar-refractivity contribution in [2.45, 2.75) is 32.2 Å². The highest BCUT2D eigenvalue weighted by molar-refractivity contribution is 5.59. The number of nitrogens with one attached hydrogen (secondary N) is 1. The van der Waals surface area contributed by atoms with Crippen LogP contribution in [0.15, 0.2) is 18.2 Å². The number of anilines is 1. The topological polar surface area (TPSA) is 32.3 Å². The number of aryl methyl sites for hydroxylation is 2. The zero-order valence-electron chi connectivity index (χ0n) is 8.59. The number of benzene rings is 1. The molecule has 2 nitrogen and oxygen atoms in total. The van der Waals surface area contributed by atoms with Crippen molar-refractivity contribution in [2.24, 2.45) is 0 Å². The summed E-state index contributed by atoms with van der Waals surface area (Å²) < 4.78 is 0. The Hall–Kier alpha value is -1.02. The highest BCUT2D eigenvalue weighted by atomic mass is 16.3. The van der Waals surface area contributed by atoms with Gasteiger partial charge in [-0.2, -0.15) is 0 Å². The molecule has 0 radical (unpaired) electrons. The Bertz CT molecular complexity index is 322. The molecule has 1 unspecified atom stereocenters. The van der Waals surface area contributed by atoms with Gasteiger partial charge in [-0.15, -0.1) is 0 Å². The van der Waals surface area contributed by atoms with Crippen molar-refractivity contribution in [1.29, 1.82) is 0 Å². The predicted molar refractivity (Wildman–Crippen MR) is 58.6 cm³/mol. The second kappa shape index (κ2) is 4.01. The Kier molecular flexibility index (Phi) is 2.73. The van der Waals surface area contributed by atoms with Gasteiger partial charge < -0.3 is 10.4 Å². The van der Waals surface area contributed by atoms with E-state index >= 15 is 0 Å². The third-order valence-electron chi connectivity index (χ3n) is 2.95. The smallest absolute Gasteiger partial charge is 0.0450 e. The summed E-state index contributed by atoms with van der Waals surface area (Å²) >= 11 is 0. The number of hydrogen-bond acceptors (Lipinski definition) is 2. The van der Waals surface area contributed by atoms with Crippen LogP contribution < -0.4 is 5.32 Å². The molecule has 0 amide bonds. The molecule has 1 atom stereocenters. The first-order valence-corrected chi connectivity index (χ1v) is 5.27. The molecule has 2 heteroatoms. The van der Waals surface area contributed by atoms with Crippen molar-refractivity contribution in [3.63, 3.8) is 0 Å². The molecule has 0 aliphatic carbocycles. The summed E-state index contributed by atoms with van der Waals surface area (Å²) in [5.41, 5.74) is 4.02. The minimum absolute atomic E-state index is 0.277. The van der Waals surface area contributed by atoms with Gasteiger partial charge in [0.05, 0.1) is 0 Å². The van der Waals surface area contributed by atoms with E-state index in [0.717, 1.165) is 19.3 Å². The van der Waals surface area contributed by atoms with Crippen LogP contribution in [0.5, 0.6) is 0 Å². The molecule has 0 aromatic heterocycles. The molecule has 1 aliphatic rings. The highest BCUT2D eigenvalue weighted by Gasteiger charge is 2.17. The van der Waals surface area contributed by atoms with Crippen molar-refractivity contribution in [2.75, 3.05) is 11.9 Å². The molecule has 14 heavy (non-hydrogen) atoms. The molecule has 1 aromatic carbocycles. The van der Waals surface area contributed by atoms with Crippen LogP contribution in [0.25, 0.3) is 0 Å². The fourth-order valence-electron chi connectivity index (χ4n) is 2.12. The van der Waals surface area contributed by atoms with Crippen LogP contribution in [-0.4, -0.2) is 17.8 Å². The number of aliphatic hydroxyl groups excluding tert-OH is 1. The molecule has 0 fully saturated rings. The van der Waals surface area contributed by atoms with E-state index in [1.54, 1.807) is 0 Å². The first kappa shape index (κ1) is 9.53. The summed E-state index contributed by atoms with van der Waals surface area (Å²) in [5.74, 6) is 0. The average Bonchev–Trinajstić information content (AvgIpc) is 2.20.